The Morgan fingerprint density at radius 1 is 1.00 bits per heavy atom. The van der Waals surface area contributed by atoms with Gasteiger partial charge in [-0.05, 0) is 116 Å². The van der Waals surface area contributed by atoms with Gasteiger partial charge in [0, 0.05) is 6.42 Å². The van der Waals surface area contributed by atoms with Crippen molar-refractivity contribution in [1.82, 2.24) is 0 Å². The topological polar surface area (TPSA) is 46.5 Å². The first kappa shape index (κ1) is 30.6. The predicted octanol–water partition coefficient (Wildman–Crippen LogP) is 9.16. The highest BCUT2D eigenvalue weighted by molar-refractivity contribution is 5.89. The molecule has 1 N–H and O–H groups in total. The first-order valence-corrected chi connectivity index (χ1v) is 15.9. The normalized spacial score (nSPS) is 38.3. The molecule has 5 rings (SSSR count). The Balaban J connectivity index is 1.25. The minimum atomic E-state index is -4.58. The summed E-state index contributed by atoms with van der Waals surface area (Å²) in [6, 6.07) is 9.20. The van der Waals surface area contributed by atoms with E-state index < -0.39 is 11.8 Å². The van der Waals surface area contributed by atoms with Gasteiger partial charge in [-0.1, -0.05) is 64.5 Å². The molecule has 6 heteroatoms. The van der Waals surface area contributed by atoms with Crippen molar-refractivity contribution in [2.24, 2.45) is 46.3 Å². The van der Waals surface area contributed by atoms with Gasteiger partial charge in [0.1, 0.15) is 6.10 Å². The third kappa shape index (κ3) is 5.40. The van der Waals surface area contributed by atoms with Gasteiger partial charge >= 0.3 is 12.1 Å². The molecule has 41 heavy (non-hydrogen) atoms. The van der Waals surface area contributed by atoms with Crippen molar-refractivity contribution in [2.45, 2.75) is 117 Å². The average Bonchev–Trinajstić information content (AvgIpc) is 3.28. The van der Waals surface area contributed by atoms with Crippen molar-refractivity contribution < 1.29 is 27.8 Å². The van der Waals surface area contributed by atoms with Crippen LogP contribution in [0.25, 0.3) is 0 Å². The van der Waals surface area contributed by atoms with Crippen molar-refractivity contribution >= 4 is 5.97 Å². The van der Waals surface area contributed by atoms with Crippen LogP contribution < -0.4 is 0 Å². The lowest BCUT2D eigenvalue weighted by atomic mass is 9.46. The van der Waals surface area contributed by atoms with Gasteiger partial charge in [0.2, 0.25) is 0 Å². The summed E-state index contributed by atoms with van der Waals surface area (Å²) in [5.41, 5.74) is -1.14. The molecule has 4 aliphatic carbocycles. The lowest BCUT2D eigenvalue weighted by molar-refractivity contribution is -0.271. The number of alkyl halides is 3. The second-order valence-electron chi connectivity index (χ2n) is 14.8. The van der Waals surface area contributed by atoms with E-state index in [9.17, 15) is 23.1 Å². The number of esters is 1. The molecule has 0 saturated heterocycles. The molecule has 1 aromatic rings. The highest BCUT2D eigenvalue weighted by Gasteiger charge is 2.63. The number of hydrogen-bond donors (Lipinski definition) is 1. The molecule has 0 radical (unpaired) electrons. The molecule has 3 fully saturated rings. The standard InChI is InChI=1S/C35H49F3O3/c1-22(2)30(41-31(39)24-9-7-6-8-10-24)16-11-23(3)27-14-15-28-26-13-12-25-21-34(40,35(36,37)38)20-19-32(25,4)29(26)17-18-33(27,28)5/h6-10,12,22-23,26-30,40H,11,13-21H2,1-5H3/t23-,26+,27-,28+,29?,30?,32+,33-,34+/m1/s1. The minimum Gasteiger partial charge on any atom is -0.459 e. The minimum absolute atomic E-state index is 0.116. The summed E-state index contributed by atoms with van der Waals surface area (Å²) in [5, 5.41) is 10.5. The van der Waals surface area contributed by atoms with E-state index in [0.29, 0.717) is 41.6 Å². The SMILES string of the molecule is CC(C)C(CC[C@@H](C)[C@H]1CC[C@H]2[C@@H]3CC=C4C[C@](O)(C(F)(F)F)CC[C@]4(C)C3CC[C@]12C)OC(=O)c1ccccc1. The van der Waals surface area contributed by atoms with E-state index in [4.69, 9.17) is 4.74 Å². The van der Waals surface area contributed by atoms with E-state index in [1.165, 1.54) is 12.8 Å². The number of ether oxygens (including phenoxy) is 1. The molecule has 2 unspecified atom stereocenters. The van der Waals surface area contributed by atoms with Gasteiger partial charge in [0.25, 0.3) is 0 Å². The maximum atomic E-state index is 13.7. The maximum Gasteiger partial charge on any atom is 0.417 e. The van der Waals surface area contributed by atoms with Crippen LogP contribution in [0.3, 0.4) is 0 Å². The fourth-order valence-electron chi connectivity index (χ4n) is 9.80. The molecule has 3 nitrogen and oxygen atoms in total. The van der Waals surface area contributed by atoms with Gasteiger partial charge in [-0.2, -0.15) is 13.2 Å². The number of hydrogen-bond acceptors (Lipinski definition) is 3. The molecular formula is C35H49F3O3. The molecule has 228 valence electrons. The van der Waals surface area contributed by atoms with Crippen LogP contribution in [0, 0.1) is 46.3 Å². The highest BCUT2D eigenvalue weighted by atomic mass is 19.4. The van der Waals surface area contributed by atoms with Crippen molar-refractivity contribution in [2.75, 3.05) is 0 Å². The summed E-state index contributed by atoms with van der Waals surface area (Å²) in [4.78, 5) is 12.7. The van der Waals surface area contributed by atoms with E-state index >= 15 is 0 Å². The smallest absolute Gasteiger partial charge is 0.417 e. The summed E-state index contributed by atoms with van der Waals surface area (Å²) in [5.74, 6) is 2.60. The third-order valence-electron chi connectivity index (χ3n) is 12.4. The molecule has 0 amide bonds. The van der Waals surface area contributed by atoms with Gasteiger partial charge in [-0.25, -0.2) is 4.79 Å². The number of carbonyl (C=O) groups is 1. The van der Waals surface area contributed by atoms with Crippen LogP contribution in [0.4, 0.5) is 13.2 Å². The van der Waals surface area contributed by atoms with Crippen LogP contribution in [-0.4, -0.2) is 29.0 Å². The number of benzene rings is 1. The molecular weight excluding hydrogens is 525 g/mol. The van der Waals surface area contributed by atoms with Crippen LogP contribution >= 0.6 is 0 Å². The zero-order valence-corrected chi connectivity index (χ0v) is 25.5. The number of rotatable bonds is 7. The van der Waals surface area contributed by atoms with Gasteiger partial charge in [-0.3, -0.25) is 0 Å². The summed E-state index contributed by atoms with van der Waals surface area (Å²) in [6.07, 6.45) is 4.63. The zero-order chi connectivity index (χ0) is 29.8. The van der Waals surface area contributed by atoms with Crippen LogP contribution in [0.5, 0.6) is 0 Å². The number of fused-ring (bicyclic) bond motifs is 5. The fourth-order valence-corrected chi connectivity index (χ4v) is 9.80. The quantitative estimate of drug-likeness (QED) is 0.261. The predicted molar refractivity (Wildman–Crippen MR) is 155 cm³/mol. The number of halogens is 3. The summed E-state index contributed by atoms with van der Waals surface area (Å²) < 4.78 is 47.0. The Kier molecular flexibility index (Phi) is 8.24. The molecule has 0 aromatic heterocycles. The van der Waals surface area contributed by atoms with Crippen LogP contribution in [0.2, 0.25) is 0 Å². The molecule has 1 aromatic carbocycles. The van der Waals surface area contributed by atoms with E-state index in [1.54, 1.807) is 12.1 Å². The van der Waals surface area contributed by atoms with Crippen molar-refractivity contribution in [3.8, 4) is 0 Å². The molecule has 0 aliphatic heterocycles. The Morgan fingerprint density at radius 2 is 1.71 bits per heavy atom. The van der Waals surface area contributed by atoms with E-state index in [-0.39, 0.29) is 41.7 Å². The molecule has 0 spiro atoms. The molecule has 3 saturated carbocycles. The molecule has 4 aliphatic rings. The monoisotopic (exact) mass is 574 g/mol. The average molecular weight is 575 g/mol. The Labute approximate surface area is 244 Å². The number of aliphatic hydroxyl groups is 1. The number of carbonyl (C=O) groups excluding carboxylic acids is 1. The Hall–Kier alpha value is -1.82. The summed E-state index contributed by atoms with van der Waals surface area (Å²) in [7, 11) is 0. The first-order valence-electron chi connectivity index (χ1n) is 15.9. The van der Waals surface area contributed by atoms with Crippen molar-refractivity contribution in [3.63, 3.8) is 0 Å². The lowest BCUT2D eigenvalue weighted by Gasteiger charge is -2.59. The molecule has 0 heterocycles. The largest absolute Gasteiger partial charge is 0.459 e. The summed E-state index contributed by atoms with van der Waals surface area (Å²) >= 11 is 0. The second kappa shape index (κ2) is 11.0. The Bertz CT molecular complexity index is 1130. The highest BCUT2D eigenvalue weighted by Crippen LogP contribution is 2.68. The Morgan fingerprint density at radius 3 is 2.37 bits per heavy atom. The van der Waals surface area contributed by atoms with Gasteiger partial charge in [-0.15, -0.1) is 0 Å². The van der Waals surface area contributed by atoms with Gasteiger partial charge < -0.3 is 9.84 Å². The van der Waals surface area contributed by atoms with E-state index in [1.807, 2.05) is 18.2 Å². The zero-order valence-electron chi connectivity index (χ0n) is 25.5. The van der Waals surface area contributed by atoms with E-state index in [2.05, 4.69) is 40.7 Å². The van der Waals surface area contributed by atoms with Crippen LogP contribution in [0.15, 0.2) is 42.0 Å². The van der Waals surface area contributed by atoms with Gasteiger partial charge in [0.05, 0.1) is 5.56 Å². The van der Waals surface area contributed by atoms with Crippen LogP contribution in [0.1, 0.15) is 109 Å². The van der Waals surface area contributed by atoms with Gasteiger partial charge in [0.15, 0.2) is 5.60 Å². The van der Waals surface area contributed by atoms with Crippen LogP contribution in [-0.2, 0) is 4.74 Å². The summed E-state index contributed by atoms with van der Waals surface area (Å²) in [6.45, 7) is 11.3. The van der Waals surface area contributed by atoms with Crippen molar-refractivity contribution in [1.29, 1.82) is 0 Å². The molecule has 0 bridgehead atoms. The van der Waals surface area contributed by atoms with Crippen molar-refractivity contribution in [3.05, 3.63) is 47.5 Å². The second-order valence-corrected chi connectivity index (χ2v) is 14.8. The lowest BCUT2D eigenvalue weighted by Crippen LogP contribution is -2.55. The fraction of sp³-hybridized carbons (Fsp3) is 0.743. The maximum absolute atomic E-state index is 13.7. The first-order chi connectivity index (χ1) is 19.2. The molecule has 9 atom stereocenters. The van der Waals surface area contributed by atoms with E-state index in [0.717, 1.165) is 37.7 Å². The number of allylic oxidation sites excluding steroid dienone is 1. The third-order valence-corrected chi connectivity index (χ3v) is 12.4.